The Morgan fingerprint density at radius 3 is 2.19 bits per heavy atom. The fourth-order valence-corrected chi connectivity index (χ4v) is 4.14. The van der Waals surface area contributed by atoms with Gasteiger partial charge in [-0.3, -0.25) is 4.79 Å². The molecule has 0 saturated heterocycles. The van der Waals surface area contributed by atoms with E-state index in [1.54, 1.807) is 72.8 Å². The molecule has 0 aliphatic carbocycles. The van der Waals surface area contributed by atoms with Gasteiger partial charge >= 0.3 is 5.97 Å². The first-order chi connectivity index (χ1) is 13.4. The van der Waals surface area contributed by atoms with Crippen LogP contribution < -0.4 is 4.72 Å². The number of rotatable bonds is 7. The first-order valence-corrected chi connectivity index (χ1v) is 9.81. The molecule has 5 nitrogen and oxygen atoms in total. The Kier molecular flexibility index (Phi) is 5.27. The van der Waals surface area contributed by atoms with E-state index in [0.717, 1.165) is 0 Å². The number of carbonyl (C=O) groups is 1. The maximum atomic E-state index is 13.1. The Labute approximate surface area is 159 Å². The van der Waals surface area contributed by atoms with Crippen LogP contribution in [-0.2, 0) is 21.2 Å². The molecule has 0 bridgehead atoms. The smallest absolute Gasteiger partial charge is 0.322 e. The molecule has 0 saturated carbocycles. The van der Waals surface area contributed by atoms with Gasteiger partial charge in [0.2, 0.25) is 10.0 Å². The number of sulfonamides is 1. The van der Waals surface area contributed by atoms with Crippen LogP contribution in [0.4, 0.5) is 0 Å². The fourth-order valence-electron chi connectivity index (χ4n) is 2.76. The van der Waals surface area contributed by atoms with Crippen molar-refractivity contribution in [3.05, 3.63) is 90.5 Å². The minimum Gasteiger partial charge on any atom is -0.480 e. The van der Waals surface area contributed by atoms with Crippen LogP contribution in [0.25, 0.3) is 11.1 Å². The summed E-state index contributed by atoms with van der Waals surface area (Å²) in [5.74, 6) is -1.28. The predicted octanol–water partition coefficient (Wildman–Crippen LogP) is 3.33. The SMILES string of the molecule is [2H]c1cccc(-c2ccccc2)c1S(=O)(=O)N[C@@H](Cc1ccccc1)C(=O)O. The molecule has 0 amide bonds. The van der Waals surface area contributed by atoms with Gasteiger partial charge in [-0.05, 0) is 23.6 Å². The summed E-state index contributed by atoms with van der Waals surface area (Å²) >= 11 is 0. The van der Waals surface area contributed by atoms with Crippen LogP contribution in [0.5, 0.6) is 0 Å². The Bertz CT molecular complexity index is 1070. The lowest BCUT2D eigenvalue weighted by molar-refractivity contribution is -0.138. The van der Waals surface area contributed by atoms with E-state index in [1.807, 2.05) is 0 Å². The van der Waals surface area contributed by atoms with E-state index in [-0.39, 0.29) is 17.4 Å². The molecule has 2 N–H and O–H groups in total. The van der Waals surface area contributed by atoms with Gasteiger partial charge in [-0.2, -0.15) is 4.72 Å². The zero-order valence-electron chi connectivity index (χ0n) is 15.4. The third-order valence-corrected chi connectivity index (χ3v) is 5.52. The zero-order valence-corrected chi connectivity index (χ0v) is 15.2. The van der Waals surface area contributed by atoms with E-state index < -0.39 is 22.0 Å². The minimum absolute atomic E-state index is 0.00373. The van der Waals surface area contributed by atoms with E-state index >= 15 is 0 Å². The van der Waals surface area contributed by atoms with Crippen LogP contribution in [0.3, 0.4) is 0 Å². The van der Waals surface area contributed by atoms with Crippen LogP contribution in [0.15, 0.2) is 89.8 Å². The highest BCUT2D eigenvalue weighted by Crippen LogP contribution is 2.27. The van der Waals surface area contributed by atoms with E-state index in [9.17, 15) is 18.3 Å². The lowest BCUT2D eigenvalue weighted by Gasteiger charge is -2.17. The summed E-state index contributed by atoms with van der Waals surface area (Å²) in [6, 6.07) is 20.6. The van der Waals surface area contributed by atoms with E-state index in [0.29, 0.717) is 16.7 Å². The van der Waals surface area contributed by atoms with E-state index in [2.05, 4.69) is 4.72 Å². The largest absolute Gasteiger partial charge is 0.480 e. The molecule has 0 aromatic heterocycles. The second-order valence-electron chi connectivity index (χ2n) is 5.98. The molecule has 3 rings (SSSR count). The summed E-state index contributed by atoms with van der Waals surface area (Å²) in [5.41, 5.74) is 1.68. The van der Waals surface area contributed by atoms with Crippen molar-refractivity contribution in [2.75, 3.05) is 0 Å². The van der Waals surface area contributed by atoms with Crippen molar-refractivity contribution in [1.29, 1.82) is 0 Å². The second kappa shape index (κ2) is 8.16. The first kappa shape index (κ1) is 17.5. The number of carboxylic acid groups (broad SMARTS) is 1. The quantitative estimate of drug-likeness (QED) is 0.657. The number of benzene rings is 3. The highest BCUT2D eigenvalue weighted by Gasteiger charge is 2.27. The molecule has 6 heteroatoms. The zero-order chi connectivity index (χ0) is 20.1. The molecule has 0 spiro atoms. The van der Waals surface area contributed by atoms with Crippen LogP contribution >= 0.6 is 0 Å². The van der Waals surface area contributed by atoms with Crippen molar-refractivity contribution < 1.29 is 19.7 Å². The van der Waals surface area contributed by atoms with Crippen LogP contribution in [0.2, 0.25) is 0 Å². The topological polar surface area (TPSA) is 83.5 Å². The lowest BCUT2D eigenvalue weighted by Crippen LogP contribution is -2.42. The number of carboxylic acids is 1. The molecule has 1 atom stereocenters. The summed E-state index contributed by atoms with van der Waals surface area (Å²) in [5, 5.41) is 9.53. The van der Waals surface area contributed by atoms with E-state index in [1.165, 1.54) is 6.07 Å². The molecular weight excluding hydrogens is 362 g/mol. The number of hydrogen-bond donors (Lipinski definition) is 2. The summed E-state index contributed by atoms with van der Waals surface area (Å²) in [4.78, 5) is 11.4. The van der Waals surface area contributed by atoms with Gasteiger partial charge < -0.3 is 5.11 Å². The highest BCUT2D eigenvalue weighted by molar-refractivity contribution is 7.89. The average molecular weight is 382 g/mol. The molecule has 0 heterocycles. The lowest BCUT2D eigenvalue weighted by atomic mass is 10.1. The third kappa shape index (κ3) is 4.61. The molecule has 27 heavy (non-hydrogen) atoms. The van der Waals surface area contributed by atoms with Crippen molar-refractivity contribution in [1.82, 2.24) is 4.72 Å². The summed E-state index contributed by atoms with van der Waals surface area (Å²) in [6.45, 7) is 0. The highest BCUT2D eigenvalue weighted by atomic mass is 32.2. The monoisotopic (exact) mass is 382 g/mol. The average Bonchev–Trinajstić information content (AvgIpc) is 2.68. The molecule has 0 aliphatic rings. The van der Waals surface area contributed by atoms with Gasteiger partial charge in [0.15, 0.2) is 0 Å². The number of nitrogens with one attached hydrogen (secondary N) is 1. The van der Waals surface area contributed by atoms with Crippen LogP contribution in [0.1, 0.15) is 6.93 Å². The van der Waals surface area contributed by atoms with Crippen LogP contribution in [-0.4, -0.2) is 25.5 Å². The Morgan fingerprint density at radius 2 is 1.56 bits per heavy atom. The van der Waals surface area contributed by atoms with Gasteiger partial charge in [-0.1, -0.05) is 78.9 Å². The fraction of sp³-hybridized carbons (Fsp3) is 0.0952. The van der Waals surface area contributed by atoms with Crippen molar-refractivity contribution >= 4 is 16.0 Å². The van der Waals surface area contributed by atoms with Gasteiger partial charge in [-0.25, -0.2) is 8.42 Å². The van der Waals surface area contributed by atoms with Gasteiger partial charge in [-0.15, -0.1) is 0 Å². The molecule has 138 valence electrons. The van der Waals surface area contributed by atoms with Gasteiger partial charge in [0.05, 0.1) is 6.27 Å². The third-order valence-electron chi connectivity index (χ3n) is 4.05. The molecule has 3 aromatic rings. The molecule has 0 aliphatic heterocycles. The Balaban J connectivity index is 1.99. The summed E-state index contributed by atoms with van der Waals surface area (Å²) in [6.07, 6.45) is -0.00373. The first-order valence-electron chi connectivity index (χ1n) is 8.82. The van der Waals surface area contributed by atoms with E-state index in [4.69, 9.17) is 1.37 Å². The number of aliphatic carboxylic acids is 1. The summed E-state index contributed by atoms with van der Waals surface area (Å²) < 4.78 is 36.5. The standard InChI is InChI=1S/C21H19NO4S/c23-21(24)19(15-16-9-3-1-4-10-16)22-27(25,26)20-14-8-7-13-18(20)17-11-5-2-6-12-17/h1-14,19,22H,15H2,(H,23,24)/t19-/m0/s1/i14D. The second-order valence-corrected chi connectivity index (χ2v) is 7.63. The number of hydrogen-bond acceptors (Lipinski definition) is 3. The van der Waals surface area contributed by atoms with Gasteiger partial charge in [0.1, 0.15) is 6.04 Å². The molecule has 0 radical (unpaired) electrons. The molecule has 0 unspecified atom stereocenters. The summed E-state index contributed by atoms with van der Waals surface area (Å²) in [7, 11) is -4.25. The predicted molar refractivity (Wildman–Crippen MR) is 104 cm³/mol. The van der Waals surface area contributed by atoms with Crippen LogP contribution in [0, 0.1) is 0 Å². The Hall–Kier alpha value is -2.96. The normalized spacial score (nSPS) is 13.0. The van der Waals surface area contributed by atoms with Crippen molar-refractivity contribution in [3.8, 4) is 11.1 Å². The maximum absolute atomic E-state index is 13.1. The molecule has 0 fully saturated rings. The van der Waals surface area contributed by atoms with Crippen molar-refractivity contribution in [2.45, 2.75) is 17.4 Å². The van der Waals surface area contributed by atoms with Crippen molar-refractivity contribution in [2.24, 2.45) is 0 Å². The Morgan fingerprint density at radius 1 is 0.963 bits per heavy atom. The molecule has 3 aromatic carbocycles. The van der Waals surface area contributed by atoms with Gasteiger partial charge in [0, 0.05) is 5.56 Å². The maximum Gasteiger partial charge on any atom is 0.322 e. The minimum atomic E-state index is -4.25. The van der Waals surface area contributed by atoms with Gasteiger partial charge in [0.25, 0.3) is 0 Å². The van der Waals surface area contributed by atoms with Crippen molar-refractivity contribution in [3.63, 3.8) is 0 Å². The molecular formula is C21H19NO4S.